The molecular weight excluding hydrogens is 485 g/mol. The largest absolute Gasteiger partial charge is 0.530 e. The Hall–Kier alpha value is -2.69. The van der Waals surface area contributed by atoms with E-state index in [2.05, 4.69) is 10.0 Å². The van der Waals surface area contributed by atoms with Crippen molar-refractivity contribution < 1.29 is 27.5 Å². The third-order valence-electron chi connectivity index (χ3n) is 4.92. The molecule has 0 aliphatic heterocycles. The number of carboxylic acid groups (broad SMARTS) is 1. The van der Waals surface area contributed by atoms with Gasteiger partial charge in [0.05, 0.1) is 5.02 Å². The van der Waals surface area contributed by atoms with Gasteiger partial charge in [0.2, 0.25) is 15.9 Å². The van der Waals surface area contributed by atoms with Gasteiger partial charge in [0.15, 0.2) is 0 Å². The van der Waals surface area contributed by atoms with Crippen LogP contribution in [0.15, 0.2) is 53.4 Å². The zero-order chi connectivity index (χ0) is 25.5. The van der Waals surface area contributed by atoms with Crippen molar-refractivity contribution in [3.63, 3.8) is 0 Å². The van der Waals surface area contributed by atoms with E-state index in [4.69, 9.17) is 11.6 Å². The molecule has 0 saturated heterocycles. The molecule has 2 N–H and O–H groups in total. The molecule has 0 aliphatic carbocycles. The molecule has 11 heteroatoms. The van der Waals surface area contributed by atoms with E-state index in [0.29, 0.717) is 18.4 Å². The van der Waals surface area contributed by atoms with E-state index >= 15 is 0 Å². The molecule has 2 amide bonds. The predicted octanol–water partition coefficient (Wildman–Crippen LogP) is 2.84. The minimum atomic E-state index is -3.91. The van der Waals surface area contributed by atoms with Crippen LogP contribution in [0.2, 0.25) is 5.02 Å². The lowest BCUT2D eigenvalue weighted by molar-refractivity contribution is -0.273. The maximum Gasteiger partial charge on any atom is 0.247 e. The Morgan fingerprint density at radius 2 is 1.71 bits per heavy atom. The number of amides is 2. The molecule has 186 valence electrons. The number of carbonyl (C=O) groups is 2. The van der Waals surface area contributed by atoms with Crippen LogP contribution in [0.25, 0.3) is 0 Å². The summed E-state index contributed by atoms with van der Waals surface area (Å²) in [5.74, 6) is -1.15. The Kier molecular flexibility index (Phi) is 9.43. The number of sulfonamides is 1. The Morgan fingerprint density at radius 1 is 1.09 bits per heavy atom. The molecule has 8 nitrogen and oxygen atoms in total. The summed E-state index contributed by atoms with van der Waals surface area (Å²) in [4.78, 5) is 25.6. The van der Waals surface area contributed by atoms with E-state index in [9.17, 15) is 27.5 Å². The van der Waals surface area contributed by atoms with Crippen LogP contribution in [0, 0.1) is 5.82 Å². The molecule has 0 aliphatic rings. The van der Waals surface area contributed by atoms with E-state index < -0.39 is 39.4 Å². The van der Waals surface area contributed by atoms with Crippen LogP contribution in [-0.4, -0.2) is 43.9 Å². The lowest BCUT2D eigenvalue weighted by Gasteiger charge is -2.43. The van der Waals surface area contributed by atoms with Gasteiger partial charge < -0.3 is 20.1 Å². The number of unbranched alkanes of at least 4 members (excludes halogenated alkanes) is 1. The number of hydrogen-bond donors (Lipinski definition) is 2. The first-order valence-corrected chi connectivity index (χ1v) is 12.5. The van der Waals surface area contributed by atoms with E-state index in [1.807, 2.05) is 0 Å². The second kappa shape index (κ2) is 11.6. The summed E-state index contributed by atoms with van der Waals surface area (Å²) in [6.07, 6.45) is -0.656. The predicted molar refractivity (Wildman–Crippen MR) is 125 cm³/mol. The second-order valence-electron chi connectivity index (χ2n) is 8.59. The number of nitrogens with one attached hydrogen (secondary N) is 2. The van der Waals surface area contributed by atoms with Crippen molar-refractivity contribution in [2.24, 2.45) is 0 Å². The molecule has 0 heterocycles. The first-order valence-electron chi connectivity index (χ1n) is 10.6. The summed E-state index contributed by atoms with van der Waals surface area (Å²) in [6, 6.07) is 10.4. The summed E-state index contributed by atoms with van der Waals surface area (Å²) in [5.41, 5.74) is -0.389. The summed E-state index contributed by atoms with van der Waals surface area (Å²) in [6.45, 7) is 5.29. The van der Waals surface area contributed by atoms with Gasteiger partial charge in [-0.3, -0.25) is 4.79 Å². The maximum absolute atomic E-state index is 13.1. The van der Waals surface area contributed by atoms with E-state index in [0.717, 1.165) is 23.1 Å². The lowest BCUT2D eigenvalue weighted by atomic mass is 9.97. The van der Waals surface area contributed by atoms with E-state index in [1.165, 1.54) is 0 Å². The summed E-state index contributed by atoms with van der Waals surface area (Å²) < 4.78 is 40.2. The van der Waals surface area contributed by atoms with Crippen LogP contribution >= 0.6 is 11.6 Å². The Bertz CT molecular complexity index is 1110. The average Bonchev–Trinajstić information content (AvgIpc) is 2.73. The quantitative estimate of drug-likeness (QED) is 0.474. The number of nitrogens with zero attached hydrogens (tertiary/aromatic N) is 1. The van der Waals surface area contributed by atoms with Gasteiger partial charge in [-0.2, -0.15) is 0 Å². The molecule has 0 spiro atoms. The number of hydrogen-bond acceptors (Lipinski definition) is 5. The second-order valence-corrected chi connectivity index (χ2v) is 10.7. The minimum Gasteiger partial charge on any atom is -0.530 e. The lowest BCUT2D eigenvalue weighted by Crippen LogP contribution is -2.56. The number of carbonyl (C=O) groups excluding carboxylic acids is 2. The molecular formula is C23H28ClFN3O5S-. The van der Waals surface area contributed by atoms with Gasteiger partial charge >= 0.3 is 0 Å². The van der Waals surface area contributed by atoms with Gasteiger partial charge in [0, 0.05) is 18.6 Å². The molecule has 2 aromatic carbocycles. The summed E-state index contributed by atoms with van der Waals surface area (Å²) in [5, 5.41) is 14.4. The van der Waals surface area contributed by atoms with Gasteiger partial charge in [-0.1, -0.05) is 41.9 Å². The topological polar surface area (TPSA) is 119 Å². The smallest absolute Gasteiger partial charge is 0.247 e. The molecule has 2 aromatic rings. The fourth-order valence-corrected chi connectivity index (χ4v) is 4.96. The Morgan fingerprint density at radius 3 is 2.26 bits per heavy atom. The van der Waals surface area contributed by atoms with Crippen molar-refractivity contribution >= 4 is 33.6 Å². The fourth-order valence-electron chi connectivity index (χ4n) is 3.36. The normalized spacial score (nSPS) is 12.7. The highest BCUT2D eigenvalue weighted by atomic mass is 35.5. The Balaban J connectivity index is 1.96. The van der Waals surface area contributed by atoms with Crippen LogP contribution in [0.3, 0.4) is 0 Å². The zero-order valence-corrected chi connectivity index (χ0v) is 20.7. The molecule has 0 bridgehead atoms. The standard InChI is InChI=1S/C23H29ClFN3O5S/c1-23(2,3)28(22(30)31)20(16-9-5-4-6-10-16)21(29)26-13-7-8-14-27-34(32,33)19-12-11-17(25)15-18(19)24/h4-6,9-12,15,20,27H,7-8,13-14H2,1-3H3,(H,26,29)(H,30,31)/p-1/t20-/m0/s1. The van der Waals surface area contributed by atoms with Gasteiger partial charge in [0.25, 0.3) is 0 Å². The van der Waals surface area contributed by atoms with Crippen LogP contribution in [-0.2, 0) is 14.8 Å². The molecule has 0 aromatic heterocycles. The van der Waals surface area contributed by atoms with Gasteiger partial charge in [-0.15, -0.1) is 0 Å². The van der Waals surface area contributed by atoms with Crippen LogP contribution in [0.5, 0.6) is 0 Å². The van der Waals surface area contributed by atoms with Crippen LogP contribution in [0.1, 0.15) is 45.2 Å². The third kappa shape index (κ3) is 7.41. The van der Waals surface area contributed by atoms with Gasteiger partial charge in [-0.05, 0) is 57.4 Å². The number of rotatable bonds is 10. The summed E-state index contributed by atoms with van der Waals surface area (Å²) in [7, 11) is -3.91. The maximum atomic E-state index is 13.1. The highest BCUT2D eigenvalue weighted by Crippen LogP contribution is 2.28. The number of benzene rings is 2. The first-order chi connectivity index (χ1) is 15.8. The van der Waals surface area contributed by atoms with Gasteiger partial charge in [0.1, 0.15) is 22.8 Å². The molecule has 0 fully saturated rings. The van der Waals surface area contributed by atoms with Crippen LogP contribution in [0.4, 0.5) is 9.18 Å². The molecule has 0 saturated carbocycles. The van der Waals surface area contributed by atoms with Crippen molar-refractivity contribution in [1.82, 2.24) is 14.9 Å². The molecule has 34 heavy (non-hydrogen) atoms. The monoisotopic (exact) mass is 512 g/mol. The highest BCUT2D eigenvalue weighted by molar-refractivity contribution is 7.89. The van der Waals surface area contributed by atoms with E-state index in [-0.39, 0.29) is 23.0 Å². The molecule has 0 radical (unpaired) electrons. The number of halogens is 2. The highest BCUT2D eigenvalue weighted by Gasteiger charge is 2.34. The first kappa shape index (κ1) is 27.6. The van der Waals surface area contributed by atoms with Crippen molar-refractivity contribution in [2.45, 2.75) is 50.1 Å². The molecule has 2 rings (SSSR count). The van der Waals surface area contributed by atoms with Crippen molar-refractivity contribution in [3.8, 4) is 0 Å². The molecule has 0 unspecified atom stereocenters. The zero-order valence-electron chi connectivity index (χ0n) is 19.2. The van der Waals surface area contributed by atoms with Gasteiger partial charge in [-0.25, -0.2) is 17.5 Å². The van der Waals surface area contributed by atoms with Crippen molar-refractivity contribution in [3.05, 3.63) is 64.9 Å². The molecule has 1 atom stereocenters. The van der Waals surface area contributed by atoms with Crippen molar-refractivity contribution in [2.75, 3.05) is 13.1 Å². The van der Waals surface area contributed by atoms with E-state index in [1.54, 1.807) is 51.1 Å². The minimum absolute atomic E-state index is 0.0706. The Labute approximate surface area is 204 Å². The SMILES string of the molecule is CC(C)(C)N(C(=O)[O-])[C@H](C(=O)NCCCCNS(=O)(=O)c1ccc(F)cc1Cl)c1ccccc1. The third-order valence-corrected chi connectivity index (χ3v) is 6.86. The van der Waals surface area contributed by atoms with Crippen LogP contribution < -0.4 is 15.1 Å². The average molecular weight is 513 g/mol. The fraction of sp³-hybridized carbons (Fsp3) is 0.391. The summed E-state index contributed by atoms with van der Waals surface area (Å²) >= 11 is 5.81. The van der Waals surface area contributed by atoms with Crippen molar-refractivity contribution in [1.29, 1.82) is 0 Å².